The molecule has 0 radical (unpaired) electrons. The summed E-state index contributed by atoms with van der Waals surface area (Å²) in [6, 6.07) is 6.13. The number of carboxylic acids is 1. The zero-order valence-corrected chi connectivity index (χ0v) is 9.94. The largest absolute Gasteiger partial charge is 0.506 e. The number of carboxylic acid groups (broad SMARTS) is 1. The molecular formula is C12H10ClNO4. The summed E-state index contributed by atoms with van der Waals surface area (Å²) >= 11 is 5.75. The normalized spacial score (nSPS) is 10.3. The quantitative estimate of drug-likeness (QED) is 0.742. The fourth-order valence-electron chi connectivity index (χ4n) is 1.39. The van der Waals surface area contributed by atoms with Crippen LogP contribution in [0.25, 0.3) is 0 Å². The van der Waals surface area contributed by atoms with Crippen molar-refractivity contribution in [1.29, 1.82) is 0 Å². The van der Waals surface area contributed by atoms with Crippen LogP contribution in [0.15, 0.2) is 34.9 Å². The van der Waals surface area contributed by atoms with Gasteiger partial charge in [-0.3, -0.25) is 0 Å². The van der Waals surface area contributed by atoms with Crippen molar-refractivity contribution < 1.29 is 19.4 Å². The maximum Gasteiger partial charge on any atom is 0.338 e. The Morgan fingerprint density at radius 2 is 2.17 bits per heavy atom. The summed E-state index contributed by atoms with van der Waals surface area (Å²) in [4.78, 5) is 10.6. The van der Waals surface area contributed by atoms with Crippen LogP contribution < -0.4 is 5.32 Å². The SMILES string of the molecule is O=C(O)c1coc(CNc2ccc(O)c(Cl)c2)c1. The molecule has 1 aromatic heterocycles. The van der Waals surface area contributed by atoms with Gasteiger partial charge in [0.25, 0.3) is 0 Å². The van der Waals surface area contributed by atoms with E-state index in [9.17, 15) is 9.90 Å². The Labute approximate surface area is 108 Å². The molecule has 0 amide bonds. The van der Waals surface area contributed by atoms with Gasteiger partial charge in [0.15, 0.2) is 0 Å². The zero-order chi connectivity index (χ0) is 13.1. The molecular weight excluding hydrogens is 258 g/mol. The first-order valence-corrected chi connectivity index (χ1v) is 5.47. The van der Waals surface area contributed by atoms with Crippen LogP contribution in [0.3, 0.4) is 0 Å². The molecule has 5 nitrogen and oxygen atoms in total. The number of phenolic OH excluding ortho intramolecular Hbond substituents is 1. The van der Waals surface area contributed by atoms with Gasteiger partial charge in [0, 0.05) is 5.69 Å². The van der Waals surface area contributed by atoms with Gasteiger partial charge in [-0.25, -0.2) is 4.79 Å². The van der Waals surface area contributed by atoms with Gasteiger partial charge < -0.3 is 19.9 Å². The van der Waals surface area contributed by atoms with Crippen molar-refractivity contribution in [3.63, 3.8) is 0 Å². The third kappa shape index (κ3) is 2.75. The number of phenols is 1. The van der Waals surface area contributed by atoms with Crippen LogP contribution in [0.5, 0.6) is 5.75 Å². The average Bonchev–Trinajstić information content (AvgIpc) is 2.79. The summed E-state index contributed by atoms with van der Waals surface area (Å²) in [5.41, 5.74) is 0.807. The van der Waals surface area contributed by atoms with E-state index in [1.54, 1.807) is 12.1 Å². The van der Waals surface area contributed by atoms with Crippen molar-refractivity contribution in [2.75, 3.05) is 5.32 Å². The maximum absolute atomic E-state index is 10.6. The van der Waals surface area contributed by atoms with Crippen molar-refractivity contribution in [3.05, 3.63) is 46.9 Å². The second kappa shape index (κ2) is 5.01. The number of halogens is 1. The van der Waals surface area contributed by atoms with E-state index in [4.69, 9.17) is 21.1 Å². The average molecular weight is 268 g/mol. The topological polar surface area (TPSA) is 82.7 Å². The van der Waals surface area contributed by atoms with Crippen LogP contribution >= 0.6 is 11.6 Å². The van der Waals surface area contributed by atoms with Gasteiger partial charge in [-0.1, -0.05) is 11.6 Å². The molecule has 0 saturated carbocycles. The second-order valence-electron chi connectivity index (χ2n) is 3.63. The molecule has 0 spiro atoms. The number of furan rings is 1. The van der Waals surface area contributed by atoms with Crippen molar-refractivity contribution in [2.24, 2.45) is 0 Å². The summed E-state index contributed by atoms with van der Waals surface area (Å²) in [7, 11) is 0. The number of benzene rings is 1. The predicted molar refractivity (Wildman–Crippen MR) is 66.1 cm³/mol. The van der Waals surface area contributed by atoms with E-state index in [1.165, 1.54) is 18.4 Å². The molecule has 0 saturated heterocycles. The van der Waals surface area contributed by atoms with Gasteiger partial charge in [0.2, 0.25) is 0 Å². The lowest BCUT2D eigenvalue weighted by molar-refractivity contribution is 0.0696. The molecule has 0 fully saturated rings. The van der Waals surface area contributed by atoms with Gasteiger partial charge in [-0.2, -0.15) is 0 Å². The van der Waals surface area contributed by atoms with Gasteiger partial charge in [-0.05, 0) is 24.3 Å². The molecule has 0 atom stereocenters. The fraction of sp³-hybridized carbons (Fsp3) is 0.0833. The molecule has 2 rings (SSSR count). The van der Waals surface area contributed by atoms with Gasteiger partial charge in [-0.15, -0.1) is 0 Å². The number of aromatic hydroxyl groups is 1. The van der Waals surface area contributed by atoms with E-state index >= 15 is 0 Å². The first kappa shape index (κ1) is 12.3. The highest BCUT2D eigenvalue weighted by molar-refractivity contribution is 6.32. The zero-order valence-electron chi connectivity index (χ0n) is 9.18. The monoisotopic (exact) mass is 267 g/mol. The molecule has 3 N–H and O–H groups in total. The van der Waals surface area contributed by atoms with E-state index in [2.05, 4.69) is 5.32 Å². The van der Waals surface area contributed by atoms with Gasteiger partial charge in [0.05, 0.1) is 17.1 Å². The Morgan fingerprint density at radius 1 is 1.39 bits per heavy atom. The Kier molecular flexibility index (Phi) is 3.43. The fourth-order valence-corrected chi connectivity index (χ4v) is 1.57. The van der Waals surface area contributed by atoms with Crippen molar-refractivity contribution in [2.45, 2.75) is 6.54 Å². The minimum atomic E-state index is -1.03. The highest BCUT2D eigenvalue weighted by Crippen LogP contribution is 2.26. The molecule has 0 aliphatic carbocycles. The second-order valence-corrected chi connectivity index (χ2v) is 4.03. The van der Waals surface area contributed by atoms with Crippen molar-refractivity contribution in [1.82, 2.24) is 0 Å². The van der Waals surface area contributed by atoms with Crippen LogP contribution in [-0.4, -0.2) is 16.2 Å². The third-order valence-corrected chi connectivity index (χ3v) is 2.62. The summed E-state index contributed by atoms with van der Waals surface area (Å²) in [6.07, 6.45) is 1.18. The van der Waals surface area contributed by atoms with E-state index in [1.807, 2.05) is 0 Å². The van der Waals surface area contributed by atoms with Crippen molar-refractivity contribution in [3.8, 4) is 5.75 Å². The van der Waals surface area contributed by atoms with Crippen LogP contribution in [0, 0.1) is 0 Å². The van der Waals surface area contributed by atoms with E-state index < -0.39 is 5.97 Å². The standard InChI is InChI=1S/C12H10ClNO4/c13-10-4-8(1-2-11(10)15)14-5-9-3-7(6-18-9)12(16)17/h1-4,6,14-15H,5H2,(H,16,17). The van der Waals surface area contributed by atoms with Gasteiger partial charge in [0.1, 0.15) is 17.8 Å². The lowest BCUT2D eigenvalue weighted by atomic mass is 10.3. The summed E-state index contributed by atoms with van der Waals surface area (Å²) in [5, 5.41) is 21.2. The van der Waals surface area contributed by atoms with Crippen LogP contribution in [0.4, 0.5) is 5.69 Å². The number of anilines is 1. The first-order chi connectivity index (χ1) is 8.56. The van der Waals surface area contributed by atoms with Crippen molar-refractivity contribution >= 4 is 23.3 Å². The molecule has 18 heavy (non-hydrogen) atoms. The summed E-state index contributed by atoms with van der Waals surface area (Å²) in [5.74, 6) is -0.525. The van der Waals surface area contributed by atoms with E-state index in [0.29, 0.717) is 18.0 Å². The lowest BCUT2D eigenvalue weighted by Crippen LogP contribution is -1.98. The minimum absolute atomic E-state index is 0.00776. The first-order valence-electron chi connectivity index (χ1n) is 5.09. The number of aromatic carboxylic acids is 1. The van der Waals surface area contributed by atoms with E-state index in [0.717, 1.165) is 0 Å². The lowest BCUT2D eigenvalue weighted by Gasteiger charge is -2.05. The smallest absolute Gasteiger partial charge is 0.338 e. The number of hydrogen-bond donors (Lipinski definition) is 3. The molecule has 0 aliphatic rings. The Hall–Kier alpha value is -2.14. The van der Waals surface area contributed by atoms with E-state index in [-0.39, 0.29) is 16.3 Å². The molecule has 6 heteroatoms. The predicted octanol–water partition coefficient (Wildman–Crippen LogP) is 2.95. The minimum Gasteiger partial charge on any atom is -0.506 e. The van der Waals surface area contributed by atoms with Crippen LogP contribution in [-0.2, 0) is 6.54 Å². The molecule has 1 heterocycles. The summed E-state index contributed by atoms with van der Waals surface area (Å²) in [6.45, 7) is 0.328. The highest BCUT2D eigenvalue weighted by atomic mass is 35.5. The molecule has 1 aromatic carbocycles. The Bertz CT molecular complexity index is 579. The number of nitrogens with one attached hydrogen (secondary N) is 1. The van der Waals surface area contributed by atoms with Crippen LogP contribution in [0.2, 0.25) is 5.02 Å². The third-order valence-electron chi connectivity index (χ3n) is 2.32. The Morgan fingerprint density at radius 3 is 2.78 bits per heavy atom. The number of hydrogen-bond acceptors (Lipinski definition) is 4. The highest BCUT2D eigenvalue weighted by Gasteiger charge is 2.08. The molecule has 0 bridgehead atoms. The molecule has 0 unspecified atom stereocenters. The summed E-state index contributed by atoms with van der Waals surface area (Å²) < 4.78 is 5.08. The number of rotatable bonds is 4. The van der Waals surface area contributed by atoms with Crippen LogP contribution in [0.1, 0.15) is 16.1 Å². The van der Waals surface area contributed by atoms with Gasteiger partial charge >= 0.3 is 5.97 Å². The maximum atomic E-state index is 10.6. The molecule has 2 aromatic rings. The molecule has 94 valence electrons. The number of carbonyl (C=O) groups is 1. The molecule has 0 aliphatic heterocycles. The Balaban J connectivity index is 2.02.